The van der Waals surface area contributed by atoms with Crippen LogP contribution < -0.4 is 9.47 Å². The van der Waals surface area contributed by atoms with E-state index in [0.29, 0.717) is 19.6 Å². The fourth-order valence-electron chi connectivity index (χ4n) is 3.49. The number of likely N-dealkylation sites (tertiary alicyclic amines) is 1. The van der Waals surface area contributed by atoms with Crippen LogP contribution in [0.25, 0.3) is 0 Å². The largest absolute Gasteiger partial charge is 0.486 e. The molecular formula is C18H21N3O3. The second kappa shape index (κ2) is 6.55. The Balaban J connectivity index is 1.50. The Hall–Kier alpha value is -2.50. The van der Waals surface area contributed by atoms with Gasteiger partial charge in [0.25, 0.3) is 0 Å². The minimum Gasteiger partial charge on any atom is -0.486 e. The number of nitrogens with zero attached hydrogens (tertiary/aromatic N) is 2. The van der Waals surface area contributed by atoms with Gasteiger partial charge in [-0.1, -0.05) is 6.07 Å². The fourth-order valence-corrected chi connectivity index (χ4v) is 3.49. The molecule has 1 saturated heterocycles. The molecule has 0 radical (unpaired) electrons. The lowest BCUT2D eigenvalue weighted by Crippen LogP contribution is -2.39. The Bertz CT molecular complexity index is 714. The van der Waals surface area contributed by atoms with Crippen LogP contribution in [0.1, 0.15) is 36.4 Å². The van der Waals surface area contributed by atoms with Gasteiger partial charge < -0.3 is 14.4 Å². The Morgan fingerprint density at radius 3 is 2.96 bits per heavy atom. The van der Waals surface area contributed by atoms with E-state index < -0.39 is 0 Å². The van der Waals surface area contributed by atoms with Crippen LogP contribution >= 0.6 is 0 Å². The molecule has 1 atom stereocenters. The van der Waals surface area contributed by atoms with Gasteiger partial charge in [-0.25, -0.2) is 0 Å². The second-order valence-electron chi connectivity index (χ2n) is 6.29. The van der Waals surface area contributed by atoms with Crippen LogP contribution in [0, 0.1) is 0 Å². The first-order valence-electron chi connectivity index (χ1n) is 8.48. The van der Waals surface area contributed by atoms with Gasteiger partial charge in [-0.05, 0) is 37.0 Å². The molecule has 1 N–H and O–H groups in total. The van der Waals surface area contributed by atoms with Gasteiger partial charge in [-0.3, -0.25) is 9.89 Å². The lowest BCUT2D eigenvalue weighted by molar-refractivity contribution is -0.134. The van der Waals surface area contributed by atoms with E-state index in [-0.39, 0.29) is 11.9 Å². The molecule has 0 aliphatic carbocycles. The summed E-state index contributed by atoms with van der Waals surface area (Å²) in [4.78, 5) is 14.9. The summed E-state index contributed by atoms with van der Waals surface area (Å²) < 4.78 is 11.1. The molecule has 1 fully saturated rings. The van der Waals surface area contributed by atoms with Crippen molar-refractivity contribution in [2.75, 3.05) is 19.8 Å². The van der Waals surface area contributed by atoms with E-state index >= 15 is 0 Å². The molecule has 126 valence electrons. The standard InChI is InChI=1S/C18H21N3O3/c22-18(10-13-4-5-16-17(9-13)24-8-7-23-16)21-6-2-1-3-15(21)14-11-19-20-12-14/h4-5,9,11-12,15H,1-3,6-8,10H2,(H,19,20)/t15-/m0/s1. The van der Waals surface area contributed by atoms with E-state index in [1.54, 1.807) is 0 Å². The first-order valence-corrected chi connectivity index (χ1v) is 8.48. The third kappa shape index (κ3) is 2.96. The van der Waals surface area contributed by atoms with Crippen molar-refractivity contribution in [1.82, 2.24) is 15.1 Å². The summed E-state index contributed by atoms with van der Waals surface area (Å²) in [5.74, 6) is 1.64. The molecule has 1 aromatic heterocycles. The molecule has 0 saturated carbocycles. The number of fused-ring (bicyclic) bond motifs is 1. The van der Waals surface area contributed by atoms with E-state index in [0.717, 1.165) is 48.4 Å². The molecule has 4 rings (SSSR count). The zero-order chi connectivity index (χ0) is 16.4. The van der Waals surface area contributed by atoms with Gasteiger partial charge >= 0.3 is 0 Å². The molecule has 1 aromatic carbocycles. The molecule has 6 nitrogen and oxygen atoms in total. The van der Waals surface area contributed by atoms with Crippen molar-refractivity contribution in [2.45, 2.75) is 31.7 Å². The highest BCUT2D eigenvalue weighted by molar-refractivity contribution is 5.79. The number of aromatic amines is 1. The summed E-state index contributed by atoms with van der Waals surface area (Å²) in [5, 5.41) is 6.88. The minimum absolute atomic E-state index is 0.127. The van der Waals surface area contributed by atoms with Crippen molar-refractivity contribution < 1.29 is 14.3 Å². The number of piperidine rings is 1. The predicted molar refractivity (Wildman–Crippen MR) is 88.0 cm³/mol. The van der Waals surface area contributed by atoms with E-state index in [4.69, 9.17) is 9.47 Å². The predicted octanol–water partition coefficient (Wildman–Crippen LogP) is 2.48. The monoisotopic (exact) mass is 327 g/mol. The molecule has 24 heavy (non-hydrogen) atoms. The van der Waals surface area contributed by atoms with Crippen LogP contribution in [0.3, 0.4) is 0 Å². The van der Waals surface area contributed by atoms with Crippen LogP contribution in [-0.2, 0) is 11.2 Å². The molecule has 6 heteroatoms. The number of carbonyl (C=O) groups is 1. The summed E-state index contributed by atoms with van der Waals surface area (Å²) in [6.07, 6.45) is 7.28. The zero-order valence-corrected chi connectivity index (χ0v) is 13.5. The van der Waals surface area contributed by atoms with Gasteiger partial charge in [-0.15, -0.1) is 0 Å². The average molecular weight is 327 g/mol. The number of ether oxygens (including phenoxy) is 2. The van der Waals surface area contributed by atoms with Crippen molar-refractivity contribution in [3.8, 4) is 11.5 Å². The van der Waals surface area contributed by atoms with E-state index in [1.165, 1.54) is 0 Å². The average Bonchev–Trinajstić information content (AvgIpc) is 3.16. The van der Waals surface area contributed by atoms with Crippen molar-refractivity contribution in [2.24, 2.45) is 0 Å². The SMILES string of the molecule is O=C(Cc1ccc2c(c1)OCCO2)N1CCCC[C@H]1c1cn[nH]c1. The number of hydrogen-bond acceptors (Lipinski definition) is 4. The van der Waals surface area contributed by atoms with Crippen LogP contribution in [0.2, 0.25) is 0 Å². The third-order valence-corrected chi connectivity index (χ3v) is 4.69. The highest BCUT2D eigenvalue weighted by atomic mass is 16.6. The maximum absolute atomic E-state index is 12.9. The number of aromatic nitrogens is 2. The number of benzene rings is 1. The molecule has 1 amide bonds. The normalized spacial score (nSPS) is 20.0. The molecule has 0 bridgehead atoms. The summed E-state index contributed by atoms with van der Waals surface area (Å²) in [7, 11) is 0. The van der Waals surface area contributed by atoms with Crippen LogP contribution in [0.5, 0.6) is 11.5 Å². The topological polar surface area (TPSA) is 67.5 Å². The van der Waals surface area contributed by atoms with Gasteiger partial charge in [0.1, 0.15) is 13.2 Å². The quantitative estimate of drug-likeness (QED) is 0.940. The Kier molecular flexibility index (Phi) is 4.11. The van der Waals surface area contributed by atoms with Crippen molar-refractivity contribution in [1.29, 1.82) is 0 Å². The maximum atomic E-state index is 12.9. The Labute approximate surface area is 140 Å². The first-order chi connectivity index (χ1) is 11.8. The zero-order valence-electron chi connectivity index (χ0n) is 13.5. The molecule has 2 aliphatic heterocycles. The Morgan fingerprint density at radius 1 is 1.25 bits per heavy atom. The number of carbonyl (C=O) groups excluding carboxylic acids is 1. The summed E-state index contributed by atoms with van der Waals surface area (Å²) in [6.45, 7) is 1.93. The lowest BCUT2D eigenvalue weighted by Gasteiger charge is -2.35. The molecule has 2 aliphatic rings. The van der Waals surface area contributed by atoms with Crippen molar-refractivity contribution >= 4 is 5.91 Å². The van der Waals surface area contributed by atoms with Crippen molar-refractivity contribution in [3.05, 3.63) is 41.7 Å². The summed E-state index contributed by atoms with van der Waals surface area (Å²) in [5.41, 5.74) is 2.05. The van der Waals surface area contributed by atoms with Gasteiger partial charge in [0.05, 0.1) is 18.7 Å². The van der Waals surface area contributed by atoms with Gasteiger partial charge in [0.15, 0.2) is 11.5 Å². The molecule has 3 heterocycles. The van der Waals surface area contributed by atoms with Gasteiger partial charge in [0, 0.05) is 18.3 Å². The fraction of sp³-hybridized carbons (Fsp3) is 0.444. The van der Waals surface area contributed by atoms with E-state index in [2.05, 4.69) is 10.2 Å². The van der Waals surface area contributed by atoms with Crippen LogP contribution in [0.15, 0.2) is 30.6 Å². The maximum Gasteiger partial charge on any atom is 0.227 e. The summed E-state index contributed by atoms with van der Waals surface area (Å²) in [6, 6.07) is 5.88. The van der Waals surface area contributed by atoms with Gasteiger partial charge in [-0.2, -0.15) is 5.10 Å². The number of rotatable bonds is 3. The van der Waals surface area contributed by atoms with Crippen molar-refractivity contribution in [3.63, 3.8) is 0 Å². The minimum atomic E-state index is 0.127. The number of nitrogens with one attached hydrogen (secondary N) is 1. The van der Waals surface area contributed by atoms with Gasteiger partial charge in [0.2, 0.25) is 5.91 Å². The van der Waals surface area contributed by atoms with Crippen LogP contribution in [0.4, 0.5) is 0 Å². The number of amides is 1. The molecular weight excluding hydrogens is 306 g/mol. The second-order valence-corrected chi connectivity index (χ2v) is 6.29. The lowest BCUT2D eigenvalue weighted by atomic mass is 9.96. The van der Waals surface area contributed by atoms with Crippen LogP contribution in [-0.4, -0.2) is 40.8 Å². The number of hydrogen-bond donors (Lipinski definition) is 1. The summed E-state index contributed by atoms with van der Waals surface area (Å²) >= 11 is 0. The molecule has 0 spiro atoms. The third-order valence-electron chi connectivity index (χ3n) is 4.69. The highest BCUT2D eigenvalue weighted by Crippen LogP contribution is 2.33. The number of H-pyrrole nitrogens is 1. The molecule has 2 aromatic rings. The highest BCUT2D eigenvalue weighted by Gasteiger charge is 2.28. The van der Waals surface area contributed by atoms with E-state index in [9.17, 15) is 4.79 Å². The smallest absolute Gasteiger partial charge is 0.227 e. The Morgan fingerprint density at radius 2 is 2.12 bits per heavy atom. The molecule has 0 unspecified atom stereocenters. The first kappa shape index (κ1) is 15.1. The van der Waals surface area contributed by atoms with E-state index in [1.807, 2.05) is 35.5 Å².